The van der Waals surface area contributed by atoms with Crippen LogP contribution in [0, 0.1) is 6.92 Å². The van der Waals surface area contributed by atoms with Gasteiger partial charge in [-0.2, -0.15) is 0 Å². The van der Waals surface area contributed by atoms with Crippen LogP contribution >= 0.6 is 27.3 Å². The summed E-state index contributed by atoms with van der Waals surface area (Å²) in [5.74, 6) is 0.794. The molecule has 0 radical (unpaired) electrons. The Morgan fingerprint density at radius 2 is 1.86 bits per heavy atom. The summed E-state index contributed by atoms with van der Waals surface area (Å²) in [4.78, 5) is 32.5. The highest BCUT2D eigenvalue weighted by Crippen LogP contribution is 2.36. The molecule has 1 aliphatic heterocycles. The quantitative estimate of drug-likeness (QED) is 0.199. The number of allylic oxidation sites excluding steroid dienone is 1. The zero-order valence-electron chi connectivity index (χ0n) is 24.7. The standard InChI is InChI=1S/C34H33BrN2O5S/c1-6-40-33(39)30-22(5)36-34-37(31(30)25-12-7-8-13-27(25)42-20(2)3)32(38)29(43-34)18-23-14-15-28(26(35)17-23)41-19-24-11-9-10-21(4)16-24/h7-18,20,31H,6,19H2,1-5H3/b29-18+/t31-/m1/s1. The summed E-state index contributed by atoms with van der Waals surface area (Å²) < 4.78 is 20.4. The Morgan fingerprint density at radius 1 is 1.07 bits per heavy atom. The maximum atomic E-state index is 14.0. The van der Waals surface area contributed by atoms with Gasteiger partial charge >= 0.3 is 5.97 Å². The van der Waals surface area contributed by atoms with Gasteiger partial charge in [-0.05, 0) is 86.0 Å². The van der Waals surface area contributed by atoms with Crippen molar-refractivity contribution in [3.63, 3.8) is 0 Å². The Bertz CT molecular complexity index is 1890. The lowest BCUT2D eigenvalue weighted by molar-refractivity contribution is -0.139. The first-order valence-electron chi connectivity index (χ1n) is 14.1. The Labute approximate surface area is 262 Å². The van der Waals surface area contributed by atoms with Gasteiger partial charge in [0, 0.05) is 5.56 Å². The van der Waals surface area contributed by atoms with Crippen LogP contribution in [0.25, 0.3) is 6.08 Å². The van der Waals surface area contributed by atoms with Gasteiger partial charge in [-0.3, -0.25) is 9.36 Å². The highest BCUT2D eigenvalue weighted by Gasteiger charge is 2.35. The minimum atomic E-state index is -0.753. The molecule has 9 heteroatoms. The van der Waals surface area contributed by atoms with Crippen molar-refractivity contribution in [2.24, 2.45) is 4.99 Å². The van der Waals surface area contributed by atoms with E-state index in [4.69, 9.17) is 14.2 Å². The number of ether oxygens (including phenoxy) is 3. The van der Waals surface area contributed by atoms with Crippen molar-refractivity contribution in [2.75, 3.05) is 6.61 Å². The lowest BCUT2D eigenvalue weighted by atomic mass is 9.95. The third-order valence-electron chi connectivity index (χ3n) is 6.82. The summed E-state index contributed by atoms with van der Waals surface area (Å²) in [5, 5.41) is 0. The molecule has 1 atom stereocenters. The fourth-order valence-corrected chi connectivity index (χ4v) is 6.55. The number of rotatable bonds is 9. The summed E-state index contributed by atoms with van der Waals surface area (Å²) in [6.07, 6.45) is 1.73. The van der Waals surface area contributed by atoms with Crippen molar-refractivity contribution in [3.05, 3.63) is 124 Å². The highest BCUT2D eigenvalue weighted by molar-refractivity contribution is 9.10. The molecule has 3 aromatic carbocycles. The van der Waals surface area contributed by atoms with Crippen molar-refractivity contribution in [2.45, 2.75) is 53.4 Å². The normalized spacial score (nSPS) is 14.9. The van der Waals surface area contributed by atoms with Crippen LogP contribution in [-0.4, -0.2) is 23.2 Å². The molecule has 0 spiro atoms. The van der Waals surface area contributed by atoms with E-state index < -0.39 is 12.0 Å². The highest BCUT2D eigenvalue weighted by atomic mass is 79.9. The van der Waals surface area contributed by atoms with Crippen molar-refractivity contribution in [3.8, 4) is 11.5 Å². The number of carbonyl (C=O) groups is 1. The van der Waals surface area contributed by atoms with E-state index >= 15 is 0 Å². The lowest BCUT2D eigenvalue weighted by Crippen LogP contribution is -2.40. The fraction of sp³-hybridized carbons (Fsp3) is 0.265. The van der Waals surface area contributed by atoms with E-state index in [0.29, 0.717) is 44.3 Å². The van der Waals surface area contributed by atoms with Gasteiger partial charge in [0.2, 0.25) is 0 Å². The maximum Gasteiger partial charge on any atom is 0.338 e. The van der Waals surface area contributed by atoms with Gasteiger partial charge < -0.3 is 14.2 Å². The second-order valence-corrected chi connectivity index (χ2v) is 12.3. The topological polar surface area (TPSA) is 79.1 Å². The number of esters is 1. The minimum absolute atomic E-state index is 0.102. The monoisotopic (exact) mass is 660 g/mol. The van der Waals surface area contributed by atoms with Crippen LogP contribution in [0.5, 0.6) is 11.5 Å². The molecular formula is C34H33BrN2O5S. The number of nitrogens with zero attached hydrogens (tertiary/aromatic N) is 2. The first kappa shape index (κ1) is 30.5. The molecule has 7 nitrogen and oxygen atoms in total. The molecule has 0 amide bonds. The molecule has 0 N–H and O–H groups in total. The average Bonchev–Trinajstić information content (AvgIpc) is 3.26. The molecule has 0 aliphatic carbocycles. The van der Waals surface area contributed by atoms with Crippen LogP contribution in [0.15, 0.2) is 92.3 Å². The molecular weight excluding hydrogens is 628 g/mol. The van der Waals surface area contributed by atoms with Crippen molar-refractivity contribution >= 4 is 39.3 Å². The molecule has 0 fully saturated rings. The summed E-state index contributed by atoms with van der Waals surface area (Å²) in [7, 11) is 0. The zero-order valence-corrected chi connectivity index (χ0v) is 27.1. The van der Waals surface area contributed by atoms with E-state index in [0.717, 1.165) is 15.6 Å². The molecule has 43 heavy (non-hydrogen) atoms. The lowest BCUT2D eigenvalue weighted by Gasteiger charge is -2.26. The van der Waals surface area contributed by atoms with Crippen molar-refractivity contribution in [1.82, 2.24) is 4.57 Å². The Hall–Kier alpha value is -3.95. The average molecular weight is 662 g/mol. The first-order chi connectivity index (χ1) is 20.7. The molecule has 0 saturated heterocycles. The molecule has 1 aromatic heterocycles. The van der Waals surface area contributed by atoms with Gasteiger partial charge in [-0.15, -0.1) is 0 Å². The molecule has 0 saturated carbocycles. The molecule has 0 unspecified atom stereocenters. The fourth-order valence-electron chi connectivity index (χ4n) is 4.99. The Morgan fingerprint density at radius 3 is 2.58 bits per heavy atom. The predicted octanol–water partition coefficient (Wildman–Crippen LogP) is 6.24. The number of para-hydroxylation sites is 1. The number of hydrogen-bond donors (Lipinski definition) is 0. The number of aryl methyl sites for hydroxylation is 1. The number of aromatic nitrogens is 1. The summed E-state index contributed by atoms with van der Waals surface area (Å²) >= 11 is 4.90. The van der Waals surface area contributed by atoms with Crippen molar-refractivity contribution in [1.29, 1.82) is 0 Å². The molecule has 5 rings (SSSR count). The first-order valence-corrected chi connectivity index (χ1v) is 15.7. The molecule has 222 valence electrons. The summed E-state index contributed by atoms with van der Waals surface area (Å²) in [6.45, 7) is 10.1. The Balaban J connectivity index is 1.56. The molecule has 2 heterocycles. The van der Waals surface area contributed by atoms with Crippen LogP contribution in [-0.2, 0) is 16.1 Å². The second-order valence-electron chi connectivity index (χ2n) is 10.5. The zero-order chi connectivity index (χ0) is 30.7. The van der Waals surface area contributed by atoms with Crippen LogP contribution in [0.4, 0.5) is 0 Å². The number of benzene rings is 3. The van der Waals surface area contributed by atoms with Crippen LogP contribution in [0.1, 0.15) is 56.0 Å². The van der Waals surface area contributed by atoms with E-state index in [1.54, 1.807) is 18.4 Å². The van der Waals surface area contributed by atoms with E-state index in [-0.39, 0.29) is 18.3 Å². The smallest absolute Gasteiger partial charge is 0.338 e. The van der Waals surface area contributed by atoms with Gasteiger partial charge in [0.05, 0.1) is 33.0 Å². The van der Waals surface area contributed by atoms with E-state index in [9.17, 15) is 9.59 Å². The molecule has 0 bridgehead atoms. The Kier molecular flexibility index (Phi) is 9.32. The predicted molar refractivity (Wildman–Crippen MR) is 172 cm³/mol. The minimum Gasteiger partial charge on any atom is -0.491 e. The van der Waals surface area contributed by atoms with E-state index in [1.165, 1.54) is 16.9 Å². The number of hydrogen-bond acceptors (Lipinski definition) is 7. The third kappa shape index (κ3) is 6.68. The van der Waals surface area contributed by atoms with Gasteiger partial charge in [-0.1, -0.05) is 65.4 Å². The van der Waals surface area contributed by atoms with Crippen LogP contribution < -0.4 is 24.4 Å². The number of carbonyl (C=O) groups excluding carboxylic acids is 1. The van der Waals surface area contributed by atoms with E-state index in [2.05, 4.69) is 40.0 Å². The molecule has 1 aliphatic rings. The molecule has 4 aromatic rings. The summed E-state index contributed by atoms with van der Waals surface area (Å²) in [6, 6.07) is 20.6. The number of fused-ring (bicyclic) bond motifs is 1. The van der Waals surface area contributed by atoms with Gasteiger partial charge in [0.1, 0.15) is 24.1 Å². The number of halogens is 1. The van der Waals surface area contributed by atoms with Crippen LogP contribution in [0.2, 0.25) is 0 Å². The van der Waals surface area contributed by atoms with E-state index in [1.807, 2.05) is 74.5 Å². The third-order valence-corrected chi connectivity index (χ3v) is 8.43. The van der Waals surface area contributed by atoms with Gasteiger partial charge in [-0.25, -0.2) is 9.79 Å². The SMILES string of the molecule is CCOC(=O)C1=C(C)N=c2s/c(=C/c3ccc(OCc4cccc(C)c4)c(Br)c3)c(=O)n2[C@@H]1c1ccccc1OC(C)C. The van der Waals surface area contributed by atoms with Crippen molar-refractivity contribution < 1.29 is 19.0 Å². The largest absolute Gasteiger partial charge is 0.491 e. The summed E-state index contributed by atoms with van der Waals surface area (Å²) in [5.41, 5.74) is 4.36. The van der Waals surface area contributed by atoms with Gasteiger partial charge in [0.15, 0.2) is 4.80 Å². The maximum absolute atomic E-state index is 14.0. The second kappa shape index (κ2) is 13.1. The number of thiazole rings is 1. The van der Waals surface area contributed by atoms with Crippen LogP contribution in [0.3, 0.4) is 0 Å². The van der Waals surface area contributed by atoms with Gasteiger partial charge in [0.25, 0.3) is 5.56 Å².